The highest BCUT2D eigenvalue weighted by atomic mass is 16.1. The van der Waals surface area contributed by atoms with E-state index in [-0.39, 0.29) is 11.6 Å². The maximum Gasteiger partial charge on any atom is 0.147 e. The molecule has 0 amide bonds. The average Bonchev–Trinajstić information content (AvgIpc) is 2.26. The fourth-order valence-electron chi connectivity index (χ4n) is 1.61. The topological polar surface area (TPSA) is 34.1 Å². The van der Waals surface area contributed by atoms with Gasteiger partial charge in [0.15, 0.2) is 0 Å². The number of benzene rings is 1. The zero-order valence-corrected chi connectivity index (χ0v) is 9.48. The van der Waals surface area contributed by atoms with Crippen LogP contribution in [0.25, 0.3) is 0 Å². The molecule has 84 valence electrons. The number of Topliss-reactive ketones (excluding diaryl/α,β-unsaturated/α-hetero) is 2. The van der Waals surface area contributed by atoms with Crippen LogP contribution < -0.4 is 0 Å². The Kier molecular flexibility index (Phi) is 4.65. The van der Waals surface area contributed by atoms with E-state index < -0.39 is 5.92 Å². The minimum absolute atomic E-state index is 0.0291. The molecule has 1 unspecified atom stereocenters. The molecule has 0 saturated heterocycles. The van der Waals surface area contributed by atoms with E-state index in [1.807, 2.05) is 30.3 Å². The second-order valence-electron chi connectivity index (χ2n) is 3.82. The van der Waals surface area contributed by atoms with Crippen LogP contribution in [0.4, 0.5) is 0 Å². The van der Waals surface area contributed by atoms with Gasteiger partial charge in [-0.1, -0.05) is 36.4 Å². The molecule has 0 radical (unpaired) electrons. The third-order valence-corrected chi connectivity index (χ3v) is 2.50. The van der Waals surface area contributed by atoms with Crippen LogP contribution in [0.3, 0.4) is 0 Å². The summed E-state index contributed by atoms with van der Waals surface area (Å²) < 4.78 is 0. The first-order valence-corrected chi connectivity index (χ1v) is 5.33. The Hall–Kier alpha value is -1.70. The van der Waals surface area contributed by atoms with Gasteiger partial charge in [-0.15, -0.1) is 6.58 Å². The molecule has 0 bridgehead atoms. The molecule has 0 spiro atoms. The molecule has 1 aromatic rings. The number of rotatable bonds is 6. The zero-order chi connectivity index (χ0) is 12.0. The first-order valence-electron chi connectivity index (χ1n) is 5.33. The Balaban J connectivity index is 2.69. The van der Waals surface area contributed by atoms with Crippen molar-refractivity contribution in [2.45, 2.75) is 19.8 Å². The molecule has 0 aromatic heterocycles. The molecule has 1 rings (SSSR count). The second-order valence-corrected chi connectivity index (χ2v) is 3.82. The van der Waals surface area contributed by atoms with Crippen LogP contribution in [-0.4, -0.2) is 11.6 Å². The number of carbonyl (C=O) groups excluding carboxylic acids is 2. The first kappa shape index (κ1) is 12.4. The quantitative estimate of drug-likeness (QED) is 0.541. The third-order valence-electron chi connectivity index (χ3n) is 2.50. The summed E-state index contributed by atoms with van der Waals surface area (Å²) in [6.07, 6.45) is 2.37. The van der Waals surface area contributed by atoms with E-state index in [0.29, 0.717) is 12.8 Å². The number of hydrogen-bond acceptors (Lipinski definition) is 2. The zero-order valence-electron chi connectivity index (χ0n) is 9.48. The van der Waals surface area contributed by atoms with Gasteiger partial charge in [-0.05, 0) is 18.9 Å². The van der Waals surface area contributed by atoms with E-state index in [4.69, 9.17) is 0 Å². The van der Waals surface area contributed by atoms with Crippen molar-refractivity contribution in [3.63, 3.8) is 0 Å². The lowest BCUT2D eigenvalue weighted by molar-refractivity contribution is -0.131. The van der Waals surface area contributed by atoms with E-state index in [1.54, 1.807) is 6.08 Å². The summed E-state index contributed by atoms with van der Waals surface area (Å²) in [5.74, 6) is -0.642. The van der Waals surface area contributed by atoms with Gasteiger partial charge in [0.05, 0.1) is 5.92 Å². The van der Waals surface area contributed by atoms with Gasteiger partial charge in [0.2, 0.25) is 0 Å². The van der Waals surface area contributed by atoms with E-state index >= 15 is 0 Å². The number of ketones is 2. The molecule has 0 heterocycles. The molecule has 0 fully saturated rings. The van der Waals surface area contributed by atoms with Crippen molar-refractivity contribution in [3.8, 4) is 0 Å². The lowest BCUT2D eigenvalue weighted by Gasteiger charge is -2.10. The normalized spacial score (nSPS) is 11.8. The SMILES string of the molecule is C=CCC(C(C)=O)C(=O)Cc1ccccc1. The lowest BCUT2D eigenvalue weighted by atomic mass is 9.92. The monoisotopic (exact) mass is 216 g/mol. The molecule has 2 heteroatoms. The largest absolute Gasteiger partial charge is 0.299 e. The lowest BCUT2D eigenvalue weighted by Crippen LogP contribution is -2.23. The summed E-state index contributed by atoms with van der Waals surface area (Å²) in [6.45, 7) is 5.02. The van der Waals surface area contributed by atoms with Crippen molar-refractivity contribution in [3.05, 3.63) is 48.6 Å². The molecule has 0 aliphatic rings. The van der Waals surface area contributed by atoms with Crippen molar-refractivity contribution in [2.75, 3.05) is 0 Å². The predicted molar refractivity (Wildman–Crippen MR) is 64.1 cm³/mol. The Morgan fingerprint density at radius 1 is 1.31 bits per heavy atom. The minimum atomic E-state index is -0.530. The summed E-state index contributed by atoms with van der Waals surface area (Å²) >= 11 is 0. The van der Waals surface area contributed by atoms with Crippen LogP contribution in [0.1, 0.15) is 18.9 Å². The van der Waals surface area contributed by atoms with Crippen molar-refractivity contribution >= 4 is 11.6 Å². The van der Waals surface area contributed by atoms with Crippen molar-refractivity contribution in [1.82, 2.24) is 0 Å². The van der Waals surface area contributed by atoms with Gasteiger partial charge in [0, 0.05) is 6.42 Å². The number of hydrogen-bond donors (Lipinski definition) is 0. The summed E-state index contributed by atoms with van der Waals surface area (Å²) in [5, 5.41) is 0. The summed E-state index contributed by atoms with van der Waals surface area (Å²) in [7, 11) is 0. The van der Waals surface area contributed by atoms with Gasteiger partial charge >= 0.3 is 0 Å². The van der Waals surface area contributed by atoms with E-state index in [1.165, 1.54) is 6.92 Å². The summed E-state index contributed by atoms with van der Waals surface area (Å²) in [6, 6.07) is 9.46. The fraction of sp³-hybridized carbons (Fsp3) is 0.286. The van der Waals surface area contributed by atoms with Crippen molar-refractivity contribution in [2.24, 2.45) is 5.92 Å². The van der Waals surface area contributed by atoms with Gasteiger partial charge < -0.3 is 0 Å². The number of allylic oxidation sites excluding steroid dienone is 1. The highest BCUT2D eigenvalue weighted by molar-refractivity contribution is 6.02. The molecule has 0 aliphatic carbocycles. The smallest absolute Gasteiger partial charge is 0.147 e. The highest BCUT2D eigenvalue weighted by Gasteiger charge is 2.21. The molecule has 1 aromatic carbocycles. The minimum Gasteiger partial charge on any atom is -0.299 e. The van der Waals surface area contributed by atoms with Crippen LogP contribution in [0.15, 0.2) is 43.0 Å². The summed E-state index contributed by atoms with van der Waals surface area (Å²) in [5.41, 5.74) is 0.947. The van der Waals surface area contributed by atoms with Crippen LogP contribution in [0, 0.1) is 5.92 Å². The van der Waals surface area contributed by atoms with Gasteiger partial charge in [0.25, 0.3) is 0 Å². The maximum atomic E-state index is 11.9. The van der Waals surface area contributed by atoms with Gasteiger partial charge in [0.1, 0.15) is 11.6 Å². The first-order chi connectivity index (χ1) is 7.65. The summed E-state index contributed by atoms with van der Waals surface area (Å²) in [4.78, 5) is 23.2. The van der Waals surface area contributed by atoms with E-state index in [0.717, 1.165) is 5.56 Å². The van der Waals surface area contributed by atoms with E-state index in [2.05, 4.69) is 6.58 Å². The Morgan fingerprint density at radius 3 is 2.44 bits per heavy atom. The molecular formula is C14H16O2. The molecule has 2 nitrogen and oxygen atoms in total. The number of carbonyl (C=O) groups is 2. The van der Waals surface area contributed by atoms with Crippen LogP contribution in [0.5, 0.6) is 0 Å². The van der Waals surface area contributed by atoms with Crippen LogP contribution >= 0.6 is 0 Å². The highest BCUT2D eigenvalue weighted by Crippen LogP contribution is 2.11. The fourth-order valence-corrected chi connectivity index (χ4v) is 1.61. The predicted octanol–water partition coefficient (Wildman–Crippen LogP) is 2.58. The Morgan fingerprint density at radius 2 is 1.94 bits per heavy atom. The van der Waals surface area contributed by atoms with Crippen molar-refractivity contribution in [1.29, 1.82) is 0 Å². The van der Waals surface area contributed by atoms with Gasteiger partial charge in [-0.25, -0.2) is 0 Å². The second kappa shape index (κ2) is 6.01. The molecule has 0 N–H and O–H groups in total. The van der Waals surface area contributed by atoms with Crippen LogP contribution in [-0.2, 0) is 16.0 Å². The Labute approximate surface area is 96.0 Å². The van der Waals surface area contributed by atoms with Gasteiger partial charge in [-0.3, -0.25) is 9.59 Å². The standard InChI is InChI=1S/C14H16O2/c1-3-7-13(11(2)15)14(16)10-12-8-5-4-6-9-12/h3-6,8-9,13H,1,7,10H2,2H3. The van der Waals surface area contributed by atoms with E-state index in [9.17, 15) is 9.59 Å². The molecule has 0 saturated carbocycles. The molecular weight excluding hydrogens is 200 g/mol. The van der Waals surface area contributed by atoms with Crippen molar-refractivity contribution < 1.29 is 9.59 Å². The van der Waals surface area contributed by atoms with Crippen LogP contribution in [0.2, 0.25) is 0 Å². The average molecular weight is 216 g/mol. The molecule has 16 heavy (non-hydrogen) atoms. The Bertz CT molecular complexity index is 379. The molecule has 0 aliphatic heterocycles. The third kappa shape index (κ3) is 3.46. The van der Waals surface area contributed by atoms with Gasteiger partial charge in [-0.2, -0.15) is 0 Å². The maximum absolute atomic E-state index is 11.9. The molecule has 1 atom stereocenters.